The van der Waals surface area contributed by atoms with E-state index in [-0.39, 0.29) is 41.7 Å². The van der Waals surface area contributed by atoms with Crippen LogP contribution in [0.3, 0.4) is 0 Å². The van der Waals surface area contributed by atoms with E-state index in [0.717, 1.165) is 4.31 Å². The number of hydrogen-bond acceptors (Lipinski definition) is 7. The number of nitriles is 1. The largest absolute Gasteiger partial charge is 0.481 e. The summed E-state index contributed by atoms with van der Waals surface area (Å²) in [6.45, 7) is -0.00468. The van der Waals surface area contributed by atoms with Crippen molar-refractivity contribution in [1.29, 1.82) is 5.26 Å². The molecule has 3 rings (SSSR count). The molecule has 0 spiro atoms. The zero-order valence-electron chi connectivity index (χ0n) is 15.4. The summed E-state index contributed by atoms with van der Waals surface area (Å²) in [5.41, 5.74) is 0.261. The summed E-state index contributed by atoms with van der Waals surface area (Å²) in [7, 11) is -2.33. The predicted octanol–water partition coefficient (Wildman–Crippen LogP) is 2.52. The van der Waals surface area contributed by atoms with E-state index in [1.54, 1.807) is 12.1 Å². The molecule has 150 valence electrons. The molecule has 0 aliphatic heterocycles. The van der Waals surface area contributed by atoms with E-state index in [9.17, 15) is 12.8 Å². The van der Waals surface area contributed by atoms with Crippen LogP contribution < -0.4 is 4.74 Å². The normalized spacial score (nSPS) is 11.4. The lowest BCUT2D eigenvalue weighted by atomic mass is 10.2. The van der Waals surface area contributed by atoms with Crippen molar-refractivity contribution in [3.05, 3.63) is 71.6 Å². The molecule has 0 N–H and O–H groups in total. The van der Waals surface area contributed by atoms with Gasteiger partial charge in [-0.25, -0.2) is 17.1 Å². The molecule has 0 amide bonds. The summed E-state index contributed by atoms with van der Waals surface area (Å²) in [6, 6.07) is 13.7. The molecular formula is C19H17FN4O4S. The van der Waals surface area contributed by atoms with E-state index in [1.807, 2.05) is 6.07 Å². The maximum atomic E-state index is 13.5. The van der Waals surface area contributed by atoms with Gasteiger partial charge in [0.05, 0.1) is 16.5 Å². The minimum absolute atomic E-state index is 0.0335. The van der Waals surface area contributed by atoms with Gasteiger partial charge in [-0.1, -0.05) is 23.4 Å². The van der Waals surface area contributed by atoms with Crippen LogP contribution in [-0.4, -0.2) is 36.5 Å². The lowest BCUT2D eigenvalue weighted by Gasteiger charge is -2.16. The van der Waals surface area contributed by atoms with Gasteiger partial charge in [0.2, 0.25) is 10.0 Å². The second-order valence-corrected chi connectivity index (χ2v) is 8.08. The first-order valence-corrected chi connectivity index (χ1v) is 9.99. The van der Waals surface area contributed by atoms with Crippen LogP contribution >= 0.6 is 0 Å². The van der Waals surface area contributed by atoms with Gasteiger partial charge in [-0.2, -0.15) is 10.2 Å². The van der Waals surface area contributed by atoms with Crippen molar-refractivity contribution in [2.24, 2.45) is 0 Å². The molecule has 1 heterocycles. The molecule has 0 atom stereocenters. The number of nitrogens with zero attached hydrogens (tertiary/aromatic N) is 4. The fraction of sp³-hybridized carbons (Fsp3) is 0.211. The standard InChI is InChI=1S/C19H17FN4O4S/c1-24(29(25,26)15-6-4-5-14(11-15)12-21)10-9-18-22-19(28-23-18)13-27-17-8-3-2-7-16(17)20/h2-8,11H,9-10,13H2,1H3. The number of sulfonamides is 1. The molecule has 10 heteroatoms. The molecule has 0 bridgehead atoms. The predicted molar refractivity (Wildman–Crippen MR) is 99.7 cm³/mol. The van der Waals surface area contributed by atoms with E-state index >= 15 is 0 Å². The fourth-order valence-electron chi connectivity index (χ4n) is 2.44. The third-order valence-electron chi connectivity index (χ3n) is 4.02. The van der Waals surface area contributed by atoms with Gasteiger partial charge in [0, 0.05) is 20.0 Å². The Balaban J connectivity index is 1.58. The van der Waals surface area contributed by atoms with Crippen LogP contribution in [0.5, 0.6) is 5.75 Å². The number of benzene rings is 2. The monoisotopic (exact) mass is 416 g/mol. The Bertz CT molecular complexity index is 1140. The third-order valence-corrected chi connectivity index (χ3v) is 5.87. The minimum atomic E-state index is -3.76. The van der Waals surface area contributed by atoms with E-state index in [0.29, 0.717) is 5.82 Å². The molecule has 2 aromatic carbocycles. The van der Waals surface area contributed by atoms with Crippen LogP contribution in [0, 0.1) is 17.1 Å². The summed E-state index contributed by atoms with van der Waals surface area (Å²) in [4.78, 5) is 4.15. The quantitative estimate of drug-likeness (QED) is 0.555. The Morgan fingerprint density at radius 3 is 2.79 bits per heavy atom. The molecule has 0 aliphatic rings. The Labute approximate surface area is 167 Å². The van der Waals surface area contributed by atoms with Gasteiger partial charge in [-0.3, -0.25) is 0 Å². The molecule has 0 radical (unpaired) electrons. The van der Waals surface area contributed by atoms with Gasteiger partial charge in [-0.15, -0.1) is 0 Å². The fourth-order valence-corrected chi connectivity index (χ4v) is 3.65. The van der Waals surface area contributed by atoms with Gasteiger partial charge >= 0.3 is 0 Å². The molecule has 0 aliphatic carbocycles. The molecule has 0 saturated carbocycles. The summed E-state index contributed by atoms with van der Waals surface area (Å²) in [6.07, 6.45) is 0.205. The maximum absolute atomic E-state index is 13.5. The Morgan fingerprint density at radius 2 is 2.03 bits per heavy atom. The first-order chi connectivity index (χ1) is 13.9. The highest BCUT2D eigenvalue weighted by Gasteiger charge is 2.21. The number of likely N-dealkylation sites (N-methyl/N-ethyl adjacent to an activating group) is 1. The van der Waals surface area contributed by atoms with Gasteiger partial charge in [0.25, 0.3) is 5.89 Å². The van der Waals surface area contributed by atoms with Crippen molar-refractivity contribution in [2.45, 2.75) is 17.9 Å². The van der Waals surface area contributed by atoms with Gasteiger partial charge in [0.15, 0.2) is 24.0 Å². The van der Waals surface area contributed by atoms with Crippen LogP contribution in [0.4, 0.5) is 4.39 Å². The first-order valence-electron chi connectivity index (χ1n) is 8.55. The van der Waals surface area contributed by atoms with Gasteiger partial charge in [0.1, 0.15) is 0 Å². The summed E-state index contributed by atoms with van der Waals surface area (Å²) < 4.78 is 50.3. The van der Waals surface area contributed by atoms with E-state index in [2.05, 4.69) is 10.1 Å². The smallest absolute Gasteiger partial charge is 0.264 e. The van der Waals surface area contributed by atoms with E-state index in [4.69, 9.17) is 14.5 Å². The highest BCUT2D eigenvalue weighted by Crippen LogP contribution is 2.18. The third kappa shape index (κ3) is 4.96. The molecule has 8 nitrogen and oxygen atoms in total. The van der Waals surface area contributed by atoms with E-state index in [1.165, 1.54) is 43.4 Å². The van der Waals surface area contributed by atoms with Crippen LogP contribution in [-0.2, 0) is 23.1 Å². The summed E-state index contributed by atoms with van der Waals surface area (Å²) in [5.74, 6) is 0.0117. The Morgan fingerprint density at radius 1 is 1.24 bits per heavy atom. The second-order valence-electron chi connectivity index (χ2n) is 6.04. The van der Waals surface area contributed by atoms with Crippen molar-refractivity contribution in [3.63, 3.8) is 0 Å². The molecular weight excluding hydrogens is 399 g/mol. The number of rotatable bonds is 8. The first kappa shape index (κ1) is 20.4. The van der Waals surface area contributed by atoms with Crippen LogP contribution in [0.2, 0.25) is 0 Å². The Hall–Kier alpha value is -3.29. The van der Waals surface area contributed by atoms with Gasteiger partial charge in [-0.05, 0) is 30.3 Å². The number of para-hydroxylation sites is 1. The zero-order chi connectivity index (χ0) is 20.9. The summed E-state index contributed by atoms with van der Waals surface area (Å²) in [5, 5.41) is 12.7. The van der Waals surface area contributed by atoms with Crippen LogP contribution in [0.1, 0.15) is 17.3 Å². The maximum Gasteiger partial charge on any atom is 0.264 e. The molecule has 3 aromatic rings. The highest BCUT2D eigenvalue weighted by atomic mass is 32.2. The second kappa shape index (κ2) is 8.81. The van der Waals surface area contributed by atoms with E-state index < -0.39 is 15.8 Å². The molecule has 0 saturated heterocycles. The lowest BCUT2D eigenvalue weighted by Crippen LogP contribution is -2.29. The molecule has 0 fully saturated rings. The van der Waals surface area contributed by atoms with Crippen LogP contribution in [0.15, 0.2) is 57.9 Å². The number of hydrogen-bond donors (Lipinski definition) is 0. The molecule has 0 unspecified atom stereocenters. The minimum Gasteiger partial charge on any atom is -0.481 e. The number of ether oxygens (including phenoxy) is 1. The zero-order valence-corrected chi connectivity index (χ0v) is 16.3. The average molecular weight is 416 g/mol. The number of aromatic nitrogens is 2. The highest BCUT2D eigenvalue weighted by molar-refractivity contribution is 7.89. The van der Waals surface area contributed by atoms with Crippen molar-refractivity contribution in [3.8, 4) is 11.8 Å². The SMILES string of the molecule is CN(CCc1noc(COc2ccccc2F)n1)S(=O)(=O)c1cccc(C#N)c1. The molecule has 1 aromatic heterocycles. The topological polar surface area (TPSA) is 109 Å². The number of halogens is 1. The average Bonchev–Trinajstić information content (AvgIpc) is 3.19. The van der Waals surface area contributed by atoms with Crippen LogP contribution in [0.25, 0.3) is 0 Å². The van der Waals surface area contributed by atoms with Gasteiger partial charge < -0.3 is 9.26 Å². The Kier molecular flexibility index (Phi) is 6.21. The van der Waals surface area contributed by atoms with Crippen molar-refractivity contribution in [2.75, 3.05) is 13.6 Å². The summed E-state index contributed by atoms with van der Waals surface area (Å²) >= 11 is 0. The van der Waals surface area contributed by atoms with Crippen molar-refractivity contribution in [1.82, 2.24) is 14.4 Å². The molecule has 29 heavy (non-hydrogen) atoms. The van der Waals surface area contributed by atoms with Crippen molar-refractivity contribution < 1.29 is 22.1 Å². The lowest BCUT2D eigenvalue weighted by molar-refractivity contribution is 0.234. The van der Waals surface area contributed by atoms with Crippen molar-refractivity contribution >= 4 is 10.0 Å².